The number of likely N-dealkylation sites (N-methyl/N-ethyl adjacent to an activating group) is 1. The van der Waals surface area contributed by atoms with Crippen molar-refractivity contribution in [3.05, 3.63) is 29.8 Å². The number of nitrogen functional groups attached to an aromatic ring is 1. The van der Waals surface area contributed by atoms with Gasteiger partial charge < -0.3 is 9.84 Å². The Hall–Kier alpha value is -1.63. The van der Waals surface area contributed by atoms with Crippen molar-refractivity contribution in [2.24, 2.45) is 5.84 Å². The van der Waals surface area contributed by atoms with Gasteiger partial charge in [-0.15, -0.1) is 0 Å². The van der Waals surface area contributed by atoms with Crippen molar-refractivity contribution in [3.8, 4) is 5.75 Å². The number of nitrogens with one attached hydrogen (secondary N) is 1. The molecule has 0 atom stereocenters. The van der Waals surface area contributed by atoms with Gasteiger partial charge in [-0.05, 0) is 32.5 Å². The summed E-state index contributed by atoms with van der Waals surface area (Å²) >= 11 is 0. The first-order valence-electron chi connectivity index (χ1n) is 7.05. The lowest BCUT2D eigenvalue weighted by Crippen LogP contribution is -2.40. The average Bonchev–Trinajstić information content (AvgIpc) is 2.44. The number of carbonyl (C=O) groups excluding carboxylic acids is 1. The maximum absolute atomic E-state index is 11.6. The molecule has 1 amide bonds. The average molecular weight is 295 g/mol. The van der Waals surface area contributed by atoms with E-state index < -0.39 is 5.60 Å². The number of rotatable bonds is 8. The van der Waals surface area contributed by atoms with Crippen LogP contribution >= 0.6 is 0 Å². The minimum Gasteiger partial charge on any atom is -0.491 e. The second-order valence-electron chi connectivity index (χ2n) is 5.50. The molecule has 6 nitrogen and oxygen atoms in total. The van der Waals surface area contributed by atoms with Gasteiger partial charge in [0.15, 0.2) is 0 Å². The first-order chi connectivity index (χ1) is 9.87. The fourth-order valence-electron chi connectivity index (χ4n) is 2.04. The van der Waals surface area contributed by atoms with E-state index in [0.29, 0.717) is 31.0 Å². The zero-order valence-electron chi connectivity index (χ0n) is 12.9. The van der Waals surface area contributed by atoms with Crippen LogP contribution in [-0.4, -0.2) is 47.8 Å². The molecule has 0 bridgehead atoms. The van der Waals surface area contributed by atoms with E-state index in [0.717, 1.165) is 6.54 Å². The van der Waals surface area contributed by atoms with Gasteiger partial charge in [-0.3, -0.25) is 15.1 Å². The third-order valence-corrected chi connectivity index (χ3v) is 2.99. The summed E-state index contributed by atoms with van der Waals surface area (Å²) in [6.07, 6.45) is 0. The number of nitrogens with zero attached hydrogens (tertiary/aromatic N) is 1. The Kier molecular flexibility index (Phi) is 6.61. The van der Waals surface area contributed by atoms with Crippen LogP contribution in [0.1, 0.15) is 31.1 Å². The first kappa shape index (κ1) is 17.4. The van der Waals surface area contributed by atoms with Crippen molar-refractivity contribution in [2.45, 2.75) is 26.4 Å². The van der Waals surface area contributed by atoms with E-state index in [1.54, 1.807) is 38.1 Å². The molecule has 0 saturated carbocycles. The lowest BCUT2D eigenvalue weighted by molar-refractivity contribution is 0.0339. The SMILES string of the molecule is CCN(CCOc1ccccc1C(=O)NN)CC(C)(C)O. The minimum atomic E-state index is -0.743. The van der Waals surface area contributed by atoms with Crippen molar-refractivity contribution < 1.29 is 14.6 Å². The summed E-state index contributed by atoms with van der Waals surface area (Å²) in [6, 6.07) is 6.95. The van der Waals surface area contributed by atoms with Gasteiger partial charge in [0, 0.05) is 13.1 Å². The lowest BCUT2D eigenvalue weighted by Gasteiger charge is -2.27. The summed E-state index contributed by atoms with van der Waals surface area (Å²) < 4.78 is 5.67. The molecule has 118 valence electrons. The largest absolute Gasteiger partial charge is 0.491 e. The van der Waals surface area contributed by atoms with E-state index in [1.807, 2.05) is 6.92 Å². The number of aliphatic hydroxyl groups is 1. The van der Waals surface area contributed by atoms with Crippen LogP contribution in [0.4, 0.5) is 0 Å². The number of ether oxygens (including phenoxy) is 1. The Bertz CT molecular complexity index is 458. The van der Waals surface area contributed by atoms with Crippen molar-refractivity contribution in [1.29, 1.82) is 0 Å². The van der Waals surface area contributed by atoms with Crippen LogP contribution in [-0.2, 0) is 0 Å². The summed E-state index contributed by atoms with van der Waals surface area (Å²) in [5, 5.41) is 9.84. The van der Waals surface area contributed by atoms with Crippen molar-refractivity contribution >= 4 is 5.91 Å². The van der Waals surface area contributed by atoms with E-state index in [-0.39, 0.29) is 5.91 Å². The fourth-order valence-corrected chi connectivity index (χ4v) is 2.04. The zero-order valence-corrected chi connectivity index (χ0v) is 12.9. The topological polar surface area (TPSA) is 87.8 Å². The number of amides is 1. The second kappa shape index (κ2) is 7.97. The number of carbonyl (C=O) groups is 1. The van der Waals surface area contributed by atoms with Gasteiger partial charge >= 0.3 is 0 Å². The molecule has 0 aliphatic heterocycles. The highest BCUT2D eigenvalue weighted by Gasteiger charge is 2.17. The van der Waals surface area contributed by atoms with E-state index in [4.69, 9.17) is 10.6 Å². The molecule has 0 spiro atoms. The van der Waals surface area contributed by atoms with E-state index in [2.05, 4.69) is 10.3 Å². The maximum Gasteiger partial charge on any atom is 0.268 e. The Morgan fingerprint density at radius 3 is 2.67 bits per heavy atom. The monoisotopic (exact) mass is 295 g/mol. The molecule has 0 radical (unpaired) electrons. The molecule has 0 heterocycles. The van der Waals surface area contributed by atoms with Gasteiger partial charge in [0.1, 0.15) is 12.4 Å². The van der Waals surface area contributed by atoms with Gasteiger partial charge in [-0.2, -0.15) is 0 Å². The molecule has 0 aliphatic carbocycles. The number of hydrazine groups is 1. The van der Waals surface area contributed by atoms with Gasteiger partial charge in [-0.25, -0.2) is 5.84 Å². The molecule has 21 heavy (non-hydrogen) atoms. The number of nitrogens with two attached hydrogens (primary N) is 1. The third kappa shape index (κ3) is 6.12. The van der Waals surface area contributed by atoms with Crippen molar-refractivity contribution in [1.82, 2.24) is 10.3 Å². The smallest absolute Gasteiger partial charge is 0.268 e. The summed E-state index contributed by atoms with van der Waals surface area (Å²) in [6.45, 7) is 8.06. The molecule has 4 N–H and O–H groups in total. The molecule has 1 rings (SSSR count). The Morgan fingerprint density at radius 2 is 2.10 bits per heavy atom. The standard InChI is InChI=1S/C15H25N3O3/c1-4-18(11-15(2,3)20)9-10-21-13-8-6-5-7-12(13)14(19)17-16/h5-8,20H,4,9-11,16H2,1-3H3,(H,17,19). The van der Waals surface area contributed by atoms with E-state index in [1.165, 1.54) is 0 Å². The minimum absolute atomic E-state index is 0.380. The summed E-state index contributed by atoms with van der Waals surface area (Å²) in [7, 11) is 0. The number of benzene rings is 1. The molecule has 1 aromatic rings. The molecular formula is C15H25N3O3. The van der Waals surface area contributed by atoms with Gasteiger partial charge in [0.05, 0.1) is 11.2 Å². The Morgan fingerprint density at radius 1 is 1.43 bits per heavy atom. The number of hydrogen-bond acceptors (Lipinski definition) is 5. The van der Waals surface area contributed by atoms with Crippen LogP contribution < -0.4 is 16.0 Å². The van der Waals surface area contributed by atoms with Gasteiger partial charge in [0.2, 0.25) is 0 Å². The highest BCUT2D eigenvalue weighted by Crippen LogP contribution is 2.17. The van der Waals surface area contributed by atoms with Crippen molar-refractivity contribution in [3.63, 3.8) is 0 Å². The van der Waals surface area contributed by atoms with Crippen LogP contribution in [0.2, 0.25) is 0 Å². The molecule has 0 aromatic heterocycles. The Balaban J connectivity index is 2.57. The molecule has 0 unspecified atom stereocenters. The Labute approximate surface area is 125 Å². The predicted molar refractivity (Wildman–Crippen MR) is 82.0 cm³/mol. The van der Waals surface area contributed by atoms with Crippen LogP contribution in [0.3, 0.4) is 0 Å². The molecule has 6 heteroatoms. The van der Waals surface area contributed by atoms with Crippen LogP contribution in [0.25, 0.3) is 0 Å². The molecule has 0 fully saturated rings. The normalized spacial score (nSPS) is 11.5. The summed E-state index contributed by atoms with van der Waals surface area (Å²) in [5.41, 5.74) is 1.77. The molecule has 0 saturated heterocycles. The fraction of sp³-hybridized carbons (Fsp3) is 0.533. The zero-order chi connectivity index (χ0) is 15.9. The summed E-state index contributed by atoms with van der Waals surface area (Å²) in [5.74, 6) is 5.27. The van der Waals surface area contributed by atoms with E-state index >= 15 is 0 Å². The molecule has 0 aliphatic rings. The third-order valence-electron chi connectivity index (χ3n) is 2.99. The van der Waals surface area contributed by atoms with Crippen LogP contribution in [0, 0.1) is 0 Å². The quantitative estimate of drug-likeness (QED) is 0.374. The maximum atomic E-state index is 11.6. The summed E-state index contributed by atoms with van der Waals surface area (Å²) in [4.78, 5) is 13.7. The van der Waals surface area contributed by atoms with Gasteiger partial charge in [0.25, 0.3) is 5.91 Å². The van der Waals surface area contributed by atoms with Gasteiger partial charge in [-0.1, -0.05) is 19.1 Å². The van der Waals surface area contributed by atoms with Crippen molar-refractivity contribution in [2.75, 3.05) is 26.2 Å². The number of hydrogen-bond donors (Lipinski definition) is 3. The number of para-hydroxylation sites is 1. The van der Waals surface area contributed by atoms with Crippen LogP contribution in [0.5, 0.6) is 5.75 Å². The van der Waals surface area contributed by atoms with Crippen LogP contribution in [0.15, 0.2) is 24.3 Å². The molecular weight excluding hydrogens is 270 g/mol. The predicted octanol–water partition coefficient (Wildman–Crippen LogP) is 0.762. The second-order valence-corrected chi connectivity index (χ2v) is 5.50. The highest BCUT2D eigenvalue weighted by molar-refractivity contribution is 5.96. The highest BCUT2D eigenvalue weighted by atomic mass is 16.5. The first-order valence-corrected chi connectivity index (χ1v) is 7.05. The molecule has 1 aromatic carbocycles. The van der Waals surface area contributed by atoms with E-state index in [9.17, 15) is 9.90 Å². The lowest BCUT2D eigenvalue weighted by atomic mass is 10.1.